The van der Waals surface area contributed by atoms with Crippen molar-refractivity contribution in [3.8, 4) is 17.0 Å². The van der Waals surface area contributed by atoms with Crippen molar-refractivity contribution >= 4 is 5.91 Å². The zero-order chi connectivity index (χ0) is 18.6. The number of hydrogen-bond donors (Lipinski definition) is 0. The molecule has 3 aromatic rings. The quantitative estimate of drug-likeness (QED) is 0.697. The molecule has 6 nitrogen and oxygen atoms in total. The first-order valence-electron chi connectivity index (χ1n) is 8.83. The second kappa shape index (κ2) is 7.57. The monoisotopic (exact) mass is 366 g/mol. The summed E-state index contributed by atoms with van der Waals surface area (Å²) in [5.41, 5.74) is 1.82. The normalized spacial score (nSPS) is 16.5. The third-order valence-corrected chi connectivity index (χ3v) is 4.66. The largest absolute Gasteiger partial charge is 0.481 e. The van der Waals surface area contributed by atoms with E-state index in [0.717, 1.165) is 17.7 Å². The van der Waals surface area contributed by atoms with Gasteiger partial charge in [-0.15, -0.1) is 5.10 Å². The minimum atomic E-state index is -0.472. The van der Waals surface area contributed by atoms with Gasteiger partial charge in [-0.2, -0.15) is 0 Å². The summed E-state index contributed by atoms with van der Waals surface area (Å²) in [4.78, 5) is 14.1. The maximum absolute atomic E-state index is 13.6. The summed E-state index contributed by atoms with van der Waals surface area (Å²) in [7, 11) is 0. The summed E-state index contributed by atoms with van der Waals surface area (Å²) in [6, 6.07) is 16.0. The Balaban J connectivity index is 1.35. The van der Waals surface area contributed by atoms with Gasteiger partial charge in [0.25, 0.3) is 5.91 Å². The number of carbonyl (C=O) groups excluding carboxylic acids is 1. The van der Waals surface area contributed by atoms with Crippen LogP contribution in [-0.2, 0) is 4.79 Å². The molecule has 7 heteroatoms. The molecule has 1 aromatic heterocycles. The molecular weight excluding hydrogens is 347 g/mol. The van der Waals surface area contributed by atoms with Crippen LogP contribution in [0.5, 0.6) is 5.75 Å². The van der Waals surface area contributed by atoms with E-state index in [0.29, 0.717) is 13.1 Å². The summed E-state index contributed by atoms with van der Waals surface area (Å²) in [6.07, 6.45) is 2.70. The van der Waals surface area contributed by atoms with Gasteiger partial charge in [0.1, 0.15) is 5.69 Å². The van der Waals surface area contributed by atoms with Gasteiger partial charge in [0.15, 0.2) is 18.2 Å². The number of likely N-dealkylation sites (tertiary alicyclic amines) is 1. The number of rotatable bonds is 5. The van der Waals surface area contributed by atoms with Gasteiger partial charge in [-0.1, -0.05) is 47.7 Å². The van der Waals surface area contributed by atoms with Crippen LogP contribution in [0, 0.1) is 5.82 Å². The van der Waals surface area contributed by atoms with E-state index < -0.39 is 5.82 Å². The fourth-order valence-corrected chi connectivity index (χ4v) is 3.17. The van der Waals surface area contributed by atoms with E-state index >= 15 is 0 Å². The Morgan fingerprint density at radius 2 is 1.93 bits per heavy atom. The molecule has 0 aliphatic carbocycles. The molecule has 1 fully saturated rings. The molecule has 0 spiro atoms. The van der Waals surface area contributed by atoms with E-state index in [-0.39, 0.29) is 24.3 Å². The van der Waals surface area contributed by atoms with Crippen LogP contribution in [0.4, 0.5) is 4.39 Å². The van der Waals surface area contributed by atoms with Crippen LogP contribution in [0.2, 0.25) is 0 Å². The lowest BCUT2D eigenvalue weighted by Gasteiger charge is -2.17. The molecule has 1 aliphatic rings. The van der Waals surface area contributed by atoms with Crippen LogP contribution in [0.3, 0.4) is 0 Å². The summed E-state index contributed by atoms with van der Waals surface area (Å²) < 4.78 is 20.7. The van der Waals surface area contributed by atoms with Crippen LogP contribution >= 0.6 is 0 Å². The lowest BCUT2D eigenvalue weighted by atomic mass is 10.2. The molecule has 1 amide bonds. The number of hydrogen-bond acceptors (Lipinski definition) is 4. The number of halogens is 1. The first kappa shape index (κ1) is 17.2. The Kier molecular flexibility index (Phi) is 4.82. The second-order valence-corrected chi connectivity index (χ2v) is 6.45. The topological polar surface area (TPSA) is 60.2 Å². The summed E-state index contributed by atoms with van der Waals surface area (Å²) in [5, 5.41) is 8.45. The molecular formula is C20H19FN4O2. The SMILES string of the molecule is O=C(COc1ccccc1F)N1CCC(n2cc(-c3ccccc3)nn2)C1. The van der Waals surface area contributed by atoms with Crippen molar-refractivity contribution in [2.24, 2.45) is 0 Å². The van der Waals surface area contributed by atoms with Crippen molar-refractivity contribution in [2.75, 3.05) is 19.7 Å². The number of aromatic nitrogens is 3. The van der Waals surface area contributed by atoms with Crippen LogP contribution in [0.15, 0.2) is 60.8 Å². The Morgan fingerprint density at radius 1 is 1.15 bits per heavy atom. The Bertz CT molecular complexity index is 928. The van der Waals surface area contributed by atoms with E-state index in [1.165, 1.54) is 12.1 Å². The number of carbonyl (C=O) groups is 1. The van der Waals surface area contributed by atoms with Crippen molar-refractivity contribution < 1.29 is 13.9 Å². The van der Waals surface area contributed by atoms with Gasteiger partial charge >= 0.3 is 0 Å². The summed E-state index contributed by atoms with van der Waals surface area (Å²) in [6.45, 7) is 0.974. The lowest BCUT2D eigenvalue weighted by Crippen LogP contribution is -2.33. The number of benzene rings is 2. The van der Waals surface area contributed by atoms with E-state index in [1.54, 1.807) is 17.0 Å². The molecule has 1 aliphatic heterocycles. The molecule has 0 saturated carbocycles. The predicted molar refractivity (Wildman–Crippen MR) is 97.6 cm³/mol. The van der Waals surface area contributed by atoms with E-state index in [1.807, 2.05) is 41.2 Å². The van der Waals surface area contributed by atoms with E-state index in [2.05, 4.69) is 10.3 Å². The van der Waals surface area contributed by atoms with Crippen molar-refractivity contribution in [2.45, 2.75) is 12.5 Å². The molecule has 2 aromatic carbocycles. The number of amides is 1. The molecule has 1 unspecified atom stereocenters. The minimum absolute atomic E-state index is 0.0763. The minimum Gasteiger partial charge on any atom is -0.481 e. The molecule has 0 N–H and O–H groups in total. The molecule has 1 atom stereocenters. The Morgan fingerprint density at radius 3 is 2.74 bits per heavy atom. The van der Waals surface area contributed by atoms with Gasteiger partial charge in [0.2, 0.25) is 0 Å². The van der Waals surface area contributed by atoms with Crippen LogP contribution in [0.1, 0.15) is 12.5 Å². The van der Waals surface area contributed by atoms with Crippen LogP contribution < -0.4 is 4.74 Å². The fraction of sp³-hybridized carbons (Fsp3) is 0.250. The molecule has 138 valence electrons. The van der Waals surface area contributed by atoms with E-state index in [9.17, 15) is 9.18 Å². The van der Waals surface area contributed by atoms with Crippen molar-refractivity contribution in [3.63, 3.8) is 0 Å². The number of ether oxygens (including phenoxy) is 1. The first-order valence-corrected chi connectivity index (χ1v) is 8.83. The third-order valence-electron chi connectivity index (χ3n) is 4.66. The zero-order valence-corrected chi connectivity index (χ0v) is 14.7. The second-order valence-electron chi connectivity index (χ2n) is 6.45. The maximum Gasteiger partial charge on any atom is 0.260 e. The number of para-hydroxylation sites is 1. The van der Waals surface area contributed by atoms with Gasteiger partial charge in [-0.3, -0.25) is 4.79 Å². The molecule has 4 rings (SSSR count). The van der Waals surface area contributed by atoms with Gasteiger partial charge in [-0.25, -0.2) is 9.07 Å². The Hall–Kier alpha value is -3.22. The molecule has 0 bridgehead atoms. The average molecular weight is 366 g/mol. The maximum atomic E-state index is 13.6. The van der Waals surface area contributed by atoms with Crippen LogP contribution in [0.25, 0.3) is 11.3 Å². The van der Waals surface area contributed by atoms with Gasteiger partial charge < -0.3 is 9.64 Å². The highest BCUT2D eigenvalue weighted by atomic mass is 19.1. The van der Waals surface area contributed by atoms with Crippen molar-refractivity contribution in [1.29, 1.82) is 0 Å². The van der Waals surface area contributed by atoms with Gasteiger partial charge in [0.05, 0.1) is 12.2 Å². The third kappa shape index (κ3) is 3.81. The smallest absolute Gasteiger partial charge is 0.260 e. The summed E-state index contributed by atoms with van der Waals surface area (Å²) in [5.74, 6) is -0.546. The Labute approximate surface area is 156 Å². The lowest BCUT2D eigenvalue weighted by molar-refractivity contribution is -0.132. The highest BCUT2D eigenvalue weighted by Gasteiger charge is 2.28. The molecule has 2 heterocycles. The summed E-state index contributed by atoms with van der Waals surface area (Å²) >= 11 is 0. The molecule has 27 heavy (non-hydrogen) atoms. The highest BCUT2D eigenvalue weighted by Crippen LogP contribution is 2.24. The first-order chi connectivity index (χ1) is 13.2. The zero-order valence-electron chi connectivity index (χ0n) is 14.7. The van der Waals surface area contributed by atoms with Gasteiger partial charge in [-0.05, 0) is 18.6 Å². The number of nitrogens with zero attached hydrogens (tertiary/aromatic N) is 4. The average Bonchev–Trinajstić information content (AvgIpc) is 3.37. The van der Waals surface area contributed by atoms with E-state index in [4.69, 9.17) is 4.74 Å². The van der Waals surface area contributed by atoms with Crippen molar-refractivity contribution in [1.82, 2.24) is 19.9 Å². The standard InChI is InChI=1S/C20H19FN4O2/c21-17-8-4-5-9-19(17)27-14-20(26)24-11-10-16(12-24)25-13-18(22-23-25)15-6-2-1-3-7-15/h1-9,13,16H,10-12,14H2. The van der Waals surface area contributed by atoms with Gasteiger partial charge in [0, 0.05) is 18.7 Å². The predicted octanol–water partition coefficient (Wildman–Crippen LogP) is 2.94. The fourth-order valence-electron chi connectivity index (χ4n) is 3.17. The van der Waals surface area contributed by atoms with Crippen LogP contribution in [-0.4, -0.2) is 45.5 Å². The highest BCUT2D eigenvalue weighted by molar-refractivity contribution is 5.78. The van der Waals surface area contributed by atoms with Crippen molar-refractivity contribution in [3.05, 3.63) is 66.6 Å². The molecule has 0 radical (unpaired) electrons. The molecule has 1 saturated heterocycles.